The number of fused-ring (bicyclic) bond motifs is 1. The first-order chi connectivity index (χ1) is 14.6. The number of hydrogen-bond acceptors (Lipinski definition) is 6. The first kappa shape index (κ1) is 22.6. The second kappa shape index (κ2) is 8.98. The average Bonchev–Trinajstić information content (AvgIpc) is 3.19. The molecule has 1 fully saturated rings. The van der Waals surface area contributed by atoms with E-state index >= 15 is 0 Å². The Balaban J connectivity index is 1.73. The molecule has 0 aliphatic carbocycles. The van der Waals surface area contributed by atoms with Crippen molar-refractivity contribution in [3.05, 3.63) is 37.2 Å². The first-order valence-corrected chi connectivity index (χ1v) is 10.6. The van der Waals surface area contributed by atoms with Crippen molar-refractivity contribution in [2.24, 2.45) is 0 Å². The molecule has 0 atom stereocenters. The van der Waals surface area contributed by atoms with Crippen molar-refractivity contribution in [1.29, 1.82) is 0 Å². The molecular weight excluding hydrogens is 436 g/mol. The van der Waals surface area contributed by atoms with Crippen LogP contribution in [0.5, 0.6) is 5.88 Å². The summed E-state index contributed by atoms with van der Waals surface area (Å²) in [5, 5.41) is 0.134. The molecule has 3 rings (SSSR count). The number of alkyl halides is 2. The largest absolute Gasteiger partial charge is 0.416 e. The highest BCUT2D eigenvalue weighted by Crippen LogP contribution is 2.27. The number of carbonyl (C=O) groups is 2. The topological polar surface area (TPSA) is 105 Å². The van der Waals surface area contributed by atoms with Crippen LogP contribution < -0.4 is 4.74 Å². The molecule has 2 aromatic rings. The van der Waals surface area contributed by atoms with Crippen LogP contribution in [-0.2, 0) is 19.8 Å². The zero-order valence-corrected chi connectivity index (χ0v) is 17.5. The second-order valence-electron chi connectivity index (χ2n) is 6.73. The molecule has 31 heavy (non-hydrogen) atoms. The van der Waals surface area contributed by atoms with Crippen LogP contribution in [0.25, 0.3) is 10.9 Å². The van der Waals surface area contributed by atoms with E-state index in [-0.39, 0.29) is 55.4 Å². The Morgan fingerprint density at radius 3 is 2.58 bits per heavy atom. The monoisotopic (exact) mass is 457 g/mol. The Labute approximate surface area is 177 Å². The van der Waals surface area contributed by atoms with Gasteiger partial charge in [-0.05, 0) is 18.2 Å². The minimum Gasteiger partial charge on any atom is -0.416 e. The number of hydrogen-bond donors (Lipinski definition) is 0. The van der Waals surface area contributed by atoms with E-state index in [0.29, 0.717) is 0 Å². The predicted molar refractivity (Wildman–Crippen MR) is 107 cm³/mol. The van der Waals surface area contributed by atoms with Crippen LogP contribution in [0, 0.1) is 0 Å². The number of carbonyl (C=O) groups excluding carboxylic acids is 2. The fourth-order valence-electron chi connectivity index (χ4n) is 3.22. The molecule has 0 unspecified atom stereocenters. The lowest BCUT2D eigenvalue weighted by molar-refractivity contribution is -0.138. The molecule has 2 aromatic heterocycles. The average molecular weight is 457 g/mol. The van der Waals surface area contributed by atoms with Crippen molar-refractivity contribution in [2.45, 2.75) is 6.61 Å². The number of pyridine rings is 1. The number of likely N-dealkylation sites (N-methyl/N-ethyl adjacent to an activating group) is 1. The van der Waals surface area contributed by atoms with Gasteiger partial charge in [0.2, 0.25) is 17.7 Å². The molecule has 2 amide bonds. The van der Waals surface area contributed by atoms with Gasteiger partial charge in [-0.3, -0.25) is 9.59 Å². The smallest absolute Gasteiger partial charge is 0.388 e. The van der Waals surface area contributed by atoms with Gasteiger partial charge in [0.25, 0.3) is 0 Å². The van der Waals surface area contributed by atoms with E-state index in [1.54, 1.807) is 0 Å². The highest BCUT2D eigenvalue weighted by Gasteiger charge is 2.31. The molecule has 0 N–H and O–H groups in total. The zero-order valence-electron chi connectivity index (χ0n) is 16.6. The maximum atomic E-state index is 13.1. The van der Waals surface area contributed by atoms with E-state index in [1.807, 2.05) is 0 Å². The number of piperazine rings is 1. The van der Waals surface area contributed by atoms with Crippen LogP contribution in [0.3, 0.4) is 0 Å². The van der Waals surface area contributed by atoms with Crippen molar-refractivity contribution < 1.29 is 31.5 Å². The molecule has 0 radical (unpaired) electrons. The van der Waals surface area contributed by atoms with E-state index in [1.165, 1.54) is 45.7 Å². The van der Waals surface area contributed by atoms with Crippen LogP contribution in [-0.4, -0.2) is 89.7 Å². The van der Waals surface area contributed by atoms with Crippen molar-refractivity contribution in [3.8, 4) is 5.88 Å². The highest BCUT2D eigenvalue weighted by atomic mass is 32.2. The Morgan fingerprint density at radius 2 is 1.97 bits per heavy atom. The standard InChI is InChI=1S/C18H21F2N5O5S/c1-3-15(26)22(2)12-16(27)23-8-10-24(11-9-23)31(28,29)25-7-5-13-14(25)4-6-21-17(13)30-18(19)20/h3-7,18H,1,8-12H2,2H3. The third-order valence-electron chi connectivity index (χ3n) is 4.83. The van der Waals surface area contributed by atoms with Crippen molar-refractivity contribution in [3.63, 3.8) is 0 Å². The second-order valence-corrected chi connectivity index (χ2v) is 8.53. The van der Waals surface area contributed by atoms with Crippen molar-refractivity contribution in [2.75, 3.05) is 39.8 Å². The van der Waals surface area contributed by atoms with Gasteiger partial charge < -0.3 is 14.5 Å². The van der Waals surface area contributed by atoms with Crippen molar-refractivity contribution in [1.82, 2.24) is 23.1 Å². The summed E-state index contributed by atoms with van der Waals surface area (Å²) in [6, 6.07) is 2.72. The molecular formula is C18H21F2N5O5S. The molecule has 3 heterocycles. The number of aromatic nitrogens is 2. The zero-order chi connectivity index (χ0) is 22.8. The SMILES string of the molecule is C=CC(=O)N(C)CC(=O)N1CCN(S(=O)(=O)n2ccc3c(OC(F)F)nccc32)CC1. The third-order valence-corrected chi connectivity index (χ3v) is 6.67. The van der Waals surface area contributed by atoms with Crippen molar-refractivity contribution >= 4 is 32.9 Å². The van der Waals surface area contributed by atoms with Crippen LogP contribution in [0.2, 0.25) is 0 Å². The van der Waals surface area contributed by atoms with E-state index < -0.39 is 22.7 Å². The minimum absolute atomic E-state index is 0.0400. The number of halogens is 2. The van der Waals surface area contributed by atoms with E-state index in [2.05, 4.69) is 16.3 Å². The highest BCUT2D eigenvalue weighted by molar-refractivity contribution is 7.87. The van der Waals surface area contributed by atoms with E-state index in [9.17, 15) is 26.8 Å². The molecule has 13 heteroatoms. The molecule has 1 aliphatic rings. The molecule has 0 aromatic carbocycles. The molecule has 0 spiro atoms. The normalized spacial score (nSPS) is 15.3. The molecule has 168 valence electrons. The van der Waals surface area contributed by atoms with Gasteiger partial charge in [0.15, 0.2) is 0 Å². The summed E-state index contributed by atoms with van der Waals surface area (Å²) >= 11 is 0. The molecule has 0 saturated carbocycles. The van der Waals surface area contributed by atoms with Gasteiger partial charge in [-0.2, -0.15) is 21.5 Å². The summed E-state index contributed by atoms with van der Waals surface area (Å²) in [7, 11) is -2.54. The fourth-order valence-corrected chi connectivity index (χ4v) is 4.72. The first-order valence-electron chi connectivity index (χ1n) is 9.22. The maximum Gasteiger partial charge on any atom is 0.388 e. The van der Waals surface area contributed by atoms with Gasteiger partial charge in [-0.1, -0.05) is 6.58 Å². The summed E-state index contributed by atoms with van der Waals surface area (Å²) in [5.41, 5.74) is 0.147. The van der Waals surface area contributed by atoms with Gasteiger partial charge >= 0.3 is 16.8 Å². The van der Waals surface area contributed by atoms with E-state index in [0.717, 1.165) is 10.0 Å². The number of ether oxygens (including phenoxy) is 1. The van der Waals surface area contributed by atoms with Crippen LogP contribution in [0.15, 0.2) is 37.2 Å². The number of amides is 2. The summed E-state index contributed by atoms with van der Waals surface area (Å²) in [4.78, 5) is 30.3. The number of nitrogens with zero attached hydrogens (tertiary/aromatic N) is 5. The number of rotatable bonds is 7. The van der Waals surface area contributed by atoms with Crippen LogP contribution in [0.4, 0.5) is 8.78 Å². The summed E-state index contributed by atoms with van der Waals surface area (Å²) in [6.45, 7) is 0.506. The fraction of sp³-hybridized carbons (Fsp3) is 0.389. The van der Waals surface area contributed by atoms with Gasteiger partial charge in [-0.15, -0.1) is 0 Å². The van der Waals surface area contributed by atoms with Gasteiger partial charge in [0, 0.05) is 45.6 Å². The predicted octanol–water partition coefficient (Wildman–Crippen LogP) is 0.519. The third kappa shape index (κ3) is 4.66. The summed E-state index contributed by atoms with van der Waals surface area (Å²) in [6.07, 6.45) is 3.53. The molecule has 1 saturated heterocycles. The quantitative estimate of drug-likeness (QED) is 0.562. The maximum absolute atomic E-state index is 13.1. The Kier molecular flexibility index (Phi) is 6.55. The van der Waals surface area contributed by atoms with Gasteiger partial charge in [0.1, 0.15) is 0 Å². The lowest BCUT2D eigenvalue weighted by Crippen LogP contribution is -2.53. The minimum atomic E-state index is -4.02. The van der Waals surface area contributed by atoms with E-state index in [4.69, 9.17) is 0 Å². The molecule has 1 aliphatic heterocycles. The molecule has 0 bridgehead atoms. The lowest BCUT2D eigenvalue weighted by atomic mass is 10.3. The van der Waals surface area contributed by atoms with Crippen LogP contribution >= 0.6 is 0 Å². The van der Waals surface area contributed by atoms with Gasteiger partial charge in [-0.25, -0.2) is 8.96 Å². The Morgan fingerprint density at radius 1 is 1.29 bits per heavy atom. The Bertz CT molecular complexity index is 1100. The van der Waals surface area contributed by atoms with Gasteiger partial charge in [0.05, 0.1) is 17.4 Å². The molecule has 10 nitrogen and oxygen atoms in total. The summed E-state index contributed by atoms with van der Waals surface area (Å²) in [5.74, 6) is -1.06. The van der Waals surface area contributed by atoms with Crippen LogP contribution in [0.1, 0.15) is 0 Å². The Hall–Kier alpha value is -3.06. The summed E-state index contributed by atoms with van der Waals surface area (Å²) < 4.78 is 57.8. The lowest BCUT2D eigenvalue weighted by Gasteiger charge is -2.34.